The molecule has 6 nitrogen and oxygen atoms in total. The number of ether oxygens (including phenoxy) is 1. The molecular weight excluding hydrogens is 244 g/mol. The highest BCUT2D eigenvalue weighted by molar-refractivity contribution is 7.89. The van der Waals surface area contributed by atoms with Crippen molar-refractivity contribution >= 4 is 16.0 Å². The summed E-state index contributed by atoms with van der Waals surface area (Å²) in [5.41, 5.74) is 0. The number of hydrogen-bond acceptors (Lipinski definition) is 4. The zero-order valence-corrected chi connectivity index (χ0v) is 10.2. The highest BCUT2D eigenvalue weighted by Crippen LogP contribution is 2.24. The molecule has 17 heavy (non-hydrogen) atoms. The summed E-state index contributed by atoms with van der Waals surface area (Å²) in [6, 6.07) is 1.50. The fourth-order valence-electron chi connectivity index (χ4n) is 1.92. The van der Waals surface area contributed by atoms with Gasteiger partial charge in [0.25, 0.3) is 0 Å². The summed E-state index contributed by atoms with van der Waals surface area (Å²) in [6.45, 7) is 0.549. The Morgan fingerprint density at radius 2 is 2.35 bits per heavy atom. The number of hydrogen-bond donors (Lipinski definition) is 1. The van der Waals surface area contributed by atoms with E-state index in [0.717, 1.165) is 0 Å². The Morgan fingerprint density at radius 1 is 1.59 bits per heavy atom. The van der Waals surface area contributed by atoms with Gasteiger partial charge >= 0.3 is 5.97 Å². The molecule has 1 aromatic heterocycles. The second-order valence-electron chi connectivity index (χ2n) is 3.92. The van der Waals surface area contributed by atoms with Crippen LogP contribution in [-0.2, 0) is 19.6 Å². The van der Waals surface area contributed by atoms with Crippen LogP contribution in [0.2, 0.25) is 0 Å². The van der Waals surface area contributed by atoms with Crippen LogP contribution in [0, 0.1) is 5.92 Å². The Hall–Kier alpha value is -1.34. The van der Waals surface area contributed by atoms with Crippen LogP contribution >= 0.6 is 0 Å². The quantitative estimate of drug-likeness (QED) is 0.785. The van der Waals surface area contributed by atoms with Gasteiger partial charge in [-0.1, -0.05) is 0 Å². The maximum Gasteiger partial charge on any atom is 0.310 e. The van der Waals surface area contributed by atoms with Crippen molar-refractivity contribution in [1.29, 1.82) is 0 Å². The number of sulfonamides is 1. The maximum atomic E-state index is 12.1. The molecule has 0 aliphatic carbocycles. The van der Waals surface area contributed by atoms with Gasteiger partial charge in [-0.2, -0.15) is 4.31 Å². The van der Waals surface area contributed by atoms with Crippen LogP contribution in [0.5, 0.6) is 0 Å². The molecule has 1 atom stereocenters. The lowest BCUT2D eigenvalue weighted by molar-refractivity contribution is -0.144. The Kier molecular flexibility index (Phi) is 3.21. The Labute approximate surface area is 99.6 Å². The third-order valence-electron chi connectivity index (χ3n) is 2.89. The first-order valence-corrected chi connectivity index (χ1v) is 6.70. The van der Waals surface area contributed by atoms with E-state index in [2.05, 4.69) is 9.72 Å². The summed E-state index contributed by atoms with van der Waals surface area (Å²) in [6.07, 6.45) is 3.50. The van der Waals surface area contributed by atoms with Crippen LogP contribution in [-0.4, -0.2) is 43.9 Å². The van der Waals surface area contributed by atoms with Crippen molar-refractivity contribution in [2.75, 3.05) is 20.2 Å². The molecule has 2 heterocycles. The number of rotatable bonds is 3. The number of aromatic nitrogens is 1. The molecule has 0 bridgehead atoms. The fourth-order valence-corrected chi connectivity index (χ4v) is 3.40. The van der Waals surface area contributed by atoms with Crippen LogP contribution in [0.25, 0.3) is 0 Å². The minimum absolute atomic E-state index is 0.195. The summed E-state index contributed by atoms with van der Waals surface area (Å²) >= 11 is 0. The number of methoxy groups -OCH3 is 1. The van der Waals surface area contributed by atoms with E-state index in [0.29, 0.717) is 13.0 Å². The smallest absolute Gasteiger partial charge is 0.310 e. The van der Waals surface area contributed by atoms with Crippen molar-refractivity contribution in [2.45, 2.75) is 11.3 Å². The van der Waals surface area contributed by atoms with Gasteiger partial charge in [0, 0.05) is 25.5 Å². The van der Waals surface area contributed by atoms with Crippen LogP contribution < -0.4 is 0 Å². The summed E-state index contributed by atoms with van der Waals surface area (Å²) < 4.78 is 30.1. The van der Waals surface area contributed by atoms with Crippen molar-refractivity contribution in [1.82, 2.24) is 9.29 Å². The number of esters is 1. The molecule has 0 spiro atoms. The molecule has 0 amide bonds. The van der Waals surface area contributed by atoms with Gasteiger partial charge in [-0.15, -0.1) is 0 Å². The van der Waals surface area contributed by atoms with Gasteiger partial charge in [0.15, 0.2) is 0 Å². The Morgan fingerprint density at radius 3 is 2.94 bits per heavy atom. The van der Waals surface area contributed by atoms with E-state index in [9.17, 15) is 13.2 Å². The topological polar surface area (TPSA) is 79.5 Å². The van der Waals surface area contributed by atoms with E-state index in [4.69, 9.17) is 0 Å². The molecule has 1 aromatic rings. The van der Waals surface area contributed by atoms with Gasteiger partial charge in [0.1, 0.15) is 0 Å². The minimum Gasteiger partial charge on any atom is -0.469 e. The van der Waals surface area contributed by atoms with Crippen LogP contribution in [0.4, 0.5) is 0 Å². The minimum atomic E-state index is -3.48. The molecule has 1 aliphatic heterocycles. The lowest BCUT2D eigenvalue weighted by Crippen LogP contribution is -2.30. The normalized spacial score (nSPS) is 21.6. The van der Waals surface area contributed by atoms with E-state index in [-0.39, 0.29) is 23.3 Å². The molecule has 94 valence electrons. The van der Waals surface area contributed by atoms with Gasteiger partial charge < -0.3 is 9.72 Å². The van der Waals surface area contributed by atoms with Crippen molar-refractivity contribution in [2.24, 2.45) is 5.92 Å². The summed E-state index contributed by atoms with van der Waals surface area (Å²) in [7, 11) is -2.16. The average Bonchev–Trinajstić information content (AvgIpc) is 2.98. The van der Waals surface area contributed by atoms with Crippen LogP contribution in [0.3, 0.4) is 0 Å². The fraction of sp³-hybridized carbons (Fsp3) is 0.500. The molecule has 0 aromatic carbocycles. The second-order valence-corrected chi connectivity index (χ2v) is 5.86. The molecule has 1 fully saturated rings. The molecule has 0 radical (unpaired) electrons. The third-order valence-corrected chi connectivity index (χ3v) is 4.75. The first kappa shape index (κ1) is 12.1. The lowest BCUT2D eigenvalue weighted by Gasteiger charge is -2.14. The number of H-pyrrole nitrogens is 1. The SMILES string of the molecule is COC(=O)C1CCN(S(=O)(=O)c2cc[nH]c2)C1. The van der Waals surface area contributed by atoms with E-state index in [1.807, 2.05) is 0 Å². The molecule has 1 unspecified atom stereocenters. The lowest BCUT2D eigenvalue weighted by atomic mass is 10.1. The van der Waals surface area contributed by atoms with Crippen molar-refractivity contribution in [3.05, 3.63) is 18.5 Å². The number of carbonyl (C=O) groups is 1. The van der Waals surface area contributed by atoms with Gasteiger partial charge in [0.2, 0.25) is 10.0 Å². The van der Waals surface area contributed by atoms with Crippen LogP contribution in [0.15, 0.2) is 23.4 Å². The molecule has 7 heteroatoms. The summed E-state index contributed by atoms with van der Waals surface area (Å²) in [4.78, 5) is 14.3. The molecular formula is C10H14N2O4S. The van der Waals surface area contributed by atoms with Crippen molar-refractivity contribution in [3.63, 3.8) is 0 Å². The Bertz CT molecular complexity index is 494. The highest BCUT2D eigenvalue weighted by Gasteiger charge is 2.36. The first-order valence-electron chi connectivity index (χ1n) is 5.26. The molecule has 2 rings (SSSR count). The van der Waals surface area contributed by atoms with Crippen LogP contribution in [0.1, 0.15) is 6.42 Å². The largest absolute Gasteiger partial charge is 0.469 e. The monoisotopic (exact) mass is 258 g/mol. The average molecular weight is 258 g/mol. The van der Waals surface area contributed by atoms with E-state index < -0.39 is 10.0 Å². The molecule has 1 saturated heterocycles. The Balaban J connectivity index is 2.14. The van der Waals surface area contributed by atoms with Crippen molar-refractivity contribution < 1.29 is 17.9 Å². The van der Waals surface area contributed by atoms with E-state index in [1.54, 1.807) is 6.20 Å². The second kappa shape index (κ2) is 4.50. The van der Waals surface area contributed by atoms with E-state index in [1.165, 1.54) is 23.7 Å². The first-order chi connectivity index (χ1) is 8.05. The zero-order valence-electron chi connectivity index (χ0n) is 9.42. The predicted octanol–water partition coefficient (Wildman–Crippen LogP) is 0.198. The molecule has 0 saturated carbocycles. The highest BCUT2D eigenvalue weighted by atomic mass is 32.2. The number of nitrogens with zero attached hydrogens (tertiary/aromatic N) is 1. The van der Waals surface area contributed by atoms with Gasteiger partial charge in [0.05, 0.1) is 17.9 Å². The molecule has 1 aliphatic rings. The zero-order chi connectivity index (χ0) is 12.5. The maximum absolute atomic E-state index is 12.1. The number of nitrogens with one attached hydrogen (secondary N) is 1. The summed E-state index contributed by atoms with van der Waals surface area (Å²) in [5.74, 6) is -0.703. The van der Waals surface area contributed by atoms with Crippen molar-refractivity contribution in [3.8, 4) is 0 Å². The standard InChI is InChI=1S/C10H14N2O4S/c1-16-10(13)8-3-5-12(7-8)17(14,15)9-2-4-11-6-9/h2,4,6,8,11H,3,5,7H2,1H3. The third kappa shape index (κ3) is 2.20. The van der Waals surface area contributed by atoms with E-state index >= 15 is 0 Å². The van der Waals surface area contributed by atoms with Gasteiger partial charge in [-0.25, -0.2) is 8.42 Å². The predicted molar refractivity (Wildman–Crippen MR) is 59.7 cm³/mol. The van der Waals surface area contributed by atoms with Gasteiger partial charge in [-0.3, -0.25) is 4.79 Å². The number of aromatic amines is 1. The summed E-state index contributed by atoms with van der Waals surface area (Å²) in [5, 5.41) is 0. The number of carbonyl (C=O) groups excluding carboxylic acids is 1. The van der Waals surface area contributed by atoms with Gasteiger partial charge in [-0.05, 0) is 12.5 Å². The molecule has 1 N–H and O–H groups in total.